The van der Waals surface area contributed by atoms with Gasteiger partial charge in [0.25, 0.3) is 5.56 Å². The van der Waals surface area contributed by atoms with Crippen molar-refractivity contribution in [1.29, 1.82) is 0 Å². The molecular weight excluding hydrogens is 379 g/mol. The molecule has 146 valence electrons. The van der Waals surface area contributed by atoms with E-state index < -0.39 is 0 Å². The molecule has 0 unspecified atom stereocenters. The molecule has 26 heavy (non-hydrogen) atoms. The van der Waals surface area contributed by atoms with E-state index in [4.69, 9.17) is 0 Å². The van der Waals surface area contributed by atoms with Crippen LogP contribution in [0.3, 0.4) is 0 Å². The second-order valence-corrected chi connectivity index (χ2v) is 7.13. The van der Waals surface area contributed by atoms with Crippen LogP contribution < -0.4 is 10.9 Å². The van der Waals surface area contributed by atoms with Crippen molar-refractivity contribution in [3.63, 3.8) is 0 Å². The lowest BCUT2D eigenvalue weighted by atomic mass is 9.70. The fraction of sp³-hybridized carbons (Fsp3) is 0.688. The van der Waals surface area contributed by atoms with Crippen molar-refractivity contribution in [2.75, 3.05) is 26.2 Å². The Morgan fingerprint density at radius 1 is 1.38 bits per heavy atom. The highest BCUT2D eigenvalue weighted by molar-refractivity contribution is 5.85. The summed E-state index contributed by atoms with van der Waals surface area (Å²) >= 11 is 0. The van der Waals surface area contributed by atoms with Crippen molar-refractivity contribution in [3.05, 3.63) is 22.4 Å². The van der Waals surface area contributed by atoms with Gasteiger partial charge in [0.15, 0.2) is 5.65 Å². The molecule has 2 fully saturated rings. The Morgan fingerprint density at radius 2 is 2.19 bits per heavy atom. The smallest absolute Gasteiger partial charge is 0.262 e. The number of aromatic amines is 1. The number of hydrogen-bond acceptors (Lipinski definition) is 6. The van der Waals surface area contributed by atoms with Gasteiger partial charge in [-0.1, -0.05) is 0 Å². The van der Waals surface area contributed by atoms with Gasteiger partial charge < -0.3 is 15.4 Å². The summed E-state index contributed by atoms with van der Waals surface area (Å²) in [7, 11) is 1.79. The average Bonchev–Trinajstić information content (AvgIpc) is 2.96. The maximum atomic E-state index is 12.2. The maximum Gasteiger partial charge on any atom is 0.262 e. The first-order valence-corrected chi connectivity index (χ1v) is 8.59. The third-order valence-corrected chi connectivity index (χ3v) is 5.69. The molecule has 2 aromatic heterocycles. The highest BCUT2D eigenvalue weighted by Gasteiger charge is 2.43. The molecular formula is C16H26Cl2N6O2. The summed E-state index contributed by atoms with van der Waals surface area (Å²) in [5.41, 5.74) is 0.494. The maximum absolute atomic E-state index is 12.2. The third kappa shape index (κ3) is 3.61. The van der Waals surface area contributed by atoms with E-state index in [1.165, 1.54) is 0 Å². The van der Waals surface area contributed by atoms with Gasteiger partial charge in [-0.05, 0) is 32.4 Å². The van der Waals surface area contributed by atoms with Crippen LogP contribution in [0.15, 0.2) is 11.0 Å². The molecule has 2 aliphatic rings. The van der Waals surface area contributed by atoms with Gasteiger partial charge in [-0.25, -0.2) is 4.98 Å². The SMILES string of the molecule is Cl.Cl.Cn1ncc2c(=O)[nH]c(CN3CC[C@@]4(CO)CCCN[C@@H]4C3)nc21. The fourth-order valence-corrected chi connectivity index (χ4v) is 4.17. The molecule has 2 aromatic rings. The molecule has 4 rings (SSSR count). The summed E-state index contributed by atoms with van der Waals surface area (Å²) < 4.78 is 1.63. The minimum absolute atomic E-state index is 0. The van der Waals surface area contributed by atoms with E-state index in [-0.39, 0.29) is 42.4 Å². The highest BCUT2D eigenvalue weighted by atomic mass is 35.5. The number of piperidine rings is 2. The van der Waals surface area contributed by atoms with E-state index in [9.17, 15) is 9.90 Å². The van der Waals surface area contributed by atoms with E-state index in [2.05, 4.69) is 25.3 Å². The van der Waals surface area contributed by atoms with Gasteiger partial charge in [0.05, 0.1) is 19.3 Å². The van der Waals surface area contributed by atoms with Crippen LogP contribution in [0.4, 0.5) is 0 Å². The minimum atomic E-state index is -0.138. The Morgan fingerprint density at radius 3 is 2.96 bits per heavy atom. The Bertz CT molecular complexity index is 810. The number of hydrogen-bond donors (Lipinski definition) is 3. The van der Waals surface area contributed by atoms with Crippen LogP contribution in [-0.2, 0) is 13.6 Å². The number of aromatic nitrogens is 4. The zero-order valence-corrected chi connectivity index (χ0v) is 16.4. The summed E-state index contributed by atoms with van der Waals surface area (Å²) in [6.45, 7) is 3.64. The van der Waals surface area contributed by atoms with Gasteiger partial charge in [-0.15, -0.1) is 24.8 Å². The molecule has 4 heterocycles. The summed E-state index contributed by atoms with van der Waals surface area (Å²) in [5, 5.41) is 18.1. The third-order valence-electron chi connectivity index (χ3n) is 5.69. The Labute approximate surface area is 164 Å². The zero-order valence-electron chi connectivity index (χ0n) is 14.8. The standard InChI is InChI=1S/C16H24N6O2.2ClH/c1-21-14-11(7-18-21)15(24)20-13(19-14)9-22-6-4-16(10-23)3-2-5-17-12(16)8-22;;/h7,12,17,23H,2-6,8-10H2,1H3,(H,19,20,24);2*1H/t12-,16-;;/m1../s1. The topological polar surface area (TPSA) is 99.1 Å². The number of rotatable bonds is 3. The van der Waals surface area contributed by atoms with Gasteiger partial charge in [0.1, 0.15) is 11.2 Å². The monoisotopic (exact) mass is 404 g/mol. The molecule has 0 radical (unpaired) electrons. The summed E-state index contributed by atoms with van der Waals surface area (Å²) in [6, 6.07) is 0.303. The van der Waals surface area contributed by atoms with Gasteiger partial charge in [0.2, 0.25) is 0 Å². The number of halogens is 2. The first-order valence-electron chi connectivity index (χ1n) is 8.59. The van der Waals surface area contributed by atoms with Crippen molar-refractivity contribution in [2.45, 2.75) is 31.8 Å². The zero-order chi connectivity index (χ0) is 16.7. The lowest BCUT2D eigenvalue weighted by Crippen LogP contribution is -2.61. The van der Waals surface area contributed by atoms with Crippen molar-refractivity contribution < 1.29 is 5.11 Å². The quantitative estimate of drug-likeness (QED) is 0.686. The van der Waals surface area contributed by atoms with Crippen LogP contribution in [0.1, 0.15) is 25.1 Å². The highest BCUT2D eigenvalue weighted by Crippen LogP contribution is 2.38. The van der Waals surface area contributed by atoms with Gasteiger partial charge in [0, 0.05) is 25.0 Å². The molecule has 0 bridgehead atoms. The molecule has 8 nitrogen and oxygen atoms in total. The second-order valence-electron chi connectivity index (χ2n) is 7.13. The molecule has 0 amide bonds. The van der Waals surface area contributed by atoms with E-state index in [1.54, 1.807) is 17.9 Å². The molecule has 3 N–H and O–H groups in total. The van der Waals surface area contributed by atoms with E-state index in [0.29, 0.717) is 29.4 Å². The second kappa shape index (κ2) is 8.22. The Hall–Kier alpha value is -1.19. The van der Waals surface area contributed by atoms with E-state index in [1.807, 2.05) is 0 Å². The normalized spacial score (nSPS) is 26.0. The van der Waals surface area contributed by atoms with Crippen LogP contribution in [0.25, 0.3) is 11.0 Å². The first kappa shape index (κ1) is 21.1. The van der Waals surface area contributed by atoms with Crippen LogP contribution in [0.2, 0.25) is 0 Å². The number of aliphatic hydroxyl groups excluding tert-OH is 1. The first-order chi connectivity index (χ1) is 11.6. The molecule has 0 spiro atoms. The number of nitrogens with one attached hydrogen (secondary N) is 2. The molecule has 2 saturated heterocycles. The van der Waals surface area contributed by atoms with Gasteiger partial charge in [-0.2, -0.15) is 5.10 Å². The fourth-order valence-electron chi connectivity index (χ4n) is 4.17. The predicted molar refractivity (Wildman–Crippen MR) is 104 cm³/mol. The van der Waals surface area contributed by atoms with Crippen LogP contribution in [-0.4, -0.2) is 62.0 Å². The molecule has 0 aromatic carbocycles. The van der Waals surface area contributed by atoms with Crippen molar-refractivity contribution in [3.8, 4) is 0 Å². The largest absolute Gasteiger partial charge is 0.396 e. The van der Waals surface area contributed by atoms with Crippen LogP contribution in [0.5, 0.6) is 0 Å². The molecule has 0 saturated carbocycles. The van der Waals surface area contributed by atoms with Crippen LogP contribution in [0, 0.1) is 5.41 Å². The summed E-state index contributed by atoms with van der Waals surface area (Å²) in [6.07, 6.45) is 4.74. The Kier molecular flexibility index (Phi) is 6.68. The summed E-state index contributed by atoms with van der Waals surface area (Å²) in [4.78, 5) is 21.9. The lowest BCUT2D eigenvalue weighted by molar-refractivity contribution is -0.0156. The lowest BCUT2D eigenvalue weighted by Gasteiger charge is -2.50. The van der Waals surface area contributed by atoms with Crippen molar-refractivity contribution >= 4 is 35.8 Å². The Balaban J connectivity index is 0.00000121. The number of aryl methyl sites for hydroxylation is 1. The molecule has 10 heteroatoms. The molecule has 2 atom stereocenters. The van der Waals surface area contributed by atoms with E-state index >= 15 is 0 Å². The number of aliphatic hydroxyl groups is 1. The molecule has 0 aliphatic carbocycles. The average molecular weight is 405 g/mol. The number of fused-ring (bicyclic) bond motifs is 2. The molecule has 2 aliphatic heterocycles. The van der Waals surface area contributed by atoms with Crippen molar-refractivity contribution in [1.82, 2.24) is 30.0 Å². The van der Waals surface area contributed by atoms with Gasteiger partial charge >= 0.3 is 0 Å². The minimum Gasteiger partial charge on any atom is -0.396 e. The summed E-state index contributed by atoms with van der Waals surface area (Å²) in [5.74, 6) is 0.670. The number of nitrogens with zero attached hydrogens (tertiary/aromatic N) is 4. The predicted octanol–water partition coefficient (Wildman–Crippen LogP) is 0.437. The van der Waals surface area contributed by atoms with Crippen molar-refractivity contribution in [2.24, 2.45) is 12.5 Å². The van der Waals surface area contributed by atoms with Gasteiger partial charge in [-0.3, -0.25) is 14.4 Å². The number of H-pyrrole nitrogens is 1. The van der Waals surface area contributed by atoms with Crippen LogP contribution >= 0.6 is 24.8 Å². The number of likely N-dealkylation sites (tertiary alicyclic amines) is 1. The van der Waals surface area contributed by atoms with E-state index in [0.717, 1.165) is 38.9 Å².